The lowest BCUT2D eigenvalue weighted by molar-refractivity contribution is 0.0421. The molecule has 4 heteroatoms. The second-order valence-corrected chi connectivity index (χ2v) is 13.3. The third kappa shape index (κ3) is 3.15. The zero-order valence-electron chi connectivity index (χ0n) is 15.7. The second-order valence-electron chi connectivity index (χ2n) is 8.91. The van der Waals surface area contributed by atoms with Crippen LogP contribution in [-0.2, 0) is 4.43 Å². The van der Waals surface area contributed by atoms with Crippen molar-refractivity contribution in [1.82, 2.24) is 0 Å². The van der Waals surface area contributed by atoms with E-state index >= 15 is 0 Å². The van der Waals surface area contributed by atoms with Crippen LogP contribution in [0, 0.1) is 11.8 Å². The molecule has 0 amide bonds. The van der Waals surface area contributed by atoms with Crippen LogP contribution in [0.4, 0.5) is 0 Å². The summed E-state index contributed by atoms with van der Waals surface area (Å²) < 4.78 is 7.09. The minimum absolute atomic E-state index is 0.207. The SMILES string of the molecule is C[Si](C)(C)O[C@@]12/C(=C/c3ccccc3)CCCC[C@H]1C[C@H]1CN=N[C@H]12. The predicted molar refractivity (Wildman–Crippen MR) is 105 cm³/mol. The van der Waals surface area contributed by atoms with Crippen molar-refractivity contribution in [3.63, 3.8) is 0 Å². The van der Waals surface area contributed by atoms with Crippen LogP contribution in [-0.4, -0.2) is 26.5 Å². The van der Waals surface area contributed by atoms with Crippen molar-refractivity contribution in [3.8, 4) is 0 Å². The summed E-state index contributed by atoms with van der Waals surface area (Å²) in [5.41, 5.74) is 2.56. The van der Waals surface area contributed by atoms with Gasteiger partial charge in [0.25, 0.3) is 0 Å². The fourth-order valence-corrected chi connectivity index (χ4v) is 6.62. The highest BCUT2D eigenvalue weighted by Gasteiger charge is 2.60. The van der Waals surface area contributed by atoms with Crippen LogP contribution in [0.25, 0.3) is 6.08 Å². The van der Waals surface area contributed by atoms with Crippen molar-refractivity contribution in [1.29, 1.82) is 0 Å². The lowest BCUT2D eigenvalue weighted by Crippen LogP contribution is -2.52. The standard InChI is InChI=1S/C21H30N2OSi/c1-25(2,3)24-21-18(13-16-9-5-4-6-10-16)11-7-8-12-19(21)14-17-15-22-23-20(17)21/h4-6,9-10,13,17,19-20H,7-8,11-12,14-15H2,1-3H3/b18-13+/t17-,19-,20+,21-/m0/s1. The average molecular weight is 355 g/mol. The minimum atomic E-state index is -1.72. The van der Waals surface area contributed by atoms with E-state index in [1.54, 1.807) is 0 Å². The Morgan fingerprint density at radius 3 is 2.72 bits per heavy atom. The van der Waals surface area contributed by atoms with E-state index in [0.717, 1.165) is 13.0 Å². The molecule has 1 heterocycles. The summed E-state index contributed by atoms with van der Waals surface area (Å²) in [4.78, 5) is 0. The van der Waals surface area contributed by atoms with E-state index in [9.17, 15) is 0 Å². The fourth-order valence-electron chi connectivity index (χ4n) is 5.19. The molecule has 2 aliphatic carbocycles. The summed E-state index contributed by atoms with van der Waals surface area (Å²) >= 11 is 0. The molecule has 2 fully saturated rings. The maximum Gasteiger partial charge on any atom is 0.185 e. The van der Waals surface area contributed by atoms with Crippen LogP contribution >= 0.6 is 0 Å². The fraction of sp³-hybridized carbons (Fsp3) is 0.619. The van der Waals surface area contributed by atoms with Gasteiger partial charge in [-0.05, 0) is 62.4 Å². The zero-order valence-corrected chi connectivity index (χ0v) is 16.7. The summed E-state index contributed by atoms with van der Waals surface area (Å²) in [5.74, 6) is 1.18. The topological polar surface area (TPSA) is 34.0 Å². The van der Waals surface area contributed by atoms with Crippen molar-refractivity contribution in [2.45, 2.75) is 63.4 Å². The molecule has 0 unspecified atom stereocenters. The molecule has 4 atom stereocenters. The molecule has 1 aromatic rings. The number of rotatable bonds is 3. The van der Waals surface area contributed by atoms with E-state index in [-0.39, 0.29) is 11.6 Å². The van der Waals surface area contributed by atoms with Crippen LogP contribution in [0.1, 0.15) is 37.7 Å². The molecule has 3 nitrogen and oxygen atoms in total. The molecular formula is C21H30N2OSi. The molecule has 0 saturated heterocycles. The van der Waals surface area contributed by atoms with E-state index < -0.39 is 8.32 Å². The molecule has 0 spiro atoms. The lowest BCUT2D eigenvalue weighted by Gasteiger charge is -2.44. The molecule has 134 valence electrons. The maximum atomic E-state index is 7.09. The molecule has 3 aliphatic rings. The smallest absolute Gasteiger partial charge is 0.185 e. The number of hydrogen-bond acceptors (Lipinski definition) is 3. The van der Waals surface area contributed by atoms with E-state index in [2.05, 4.69) is 61.2 Å². The minimum Gasteiger partial charge on any atom is -0.406 e. The van der Waals surface area contributed by atoms with Crippen molar-refractivity contribution in [2.24, 2.45) is 22.1 Å². The highest BCUT2D eigenvalue weighted by atomic mass is 28.4. The first-order chi connectivity index (χ1) is 12.0. The molecular weight excluding hydrogens is 324 g/mol. The quantitative estimate of drug-likeness (QED) is 0.641. The number of fused-ring (bicyclic) bond motifs is 3. The number of azo groups is 1. The van der Waals surface area contributed by atoms with E-state index in [4.69, 9.17) is 9.54 Å². The van der Waals surface area contributed by atoms with Gasteiger partial charge in [-0.25, -0.2) is 0 Å². The molecule has 1 aliphatic heterocycles. The van der Waals surface area contributed by atoms with Crippen LogP contribution in [0.3, 0.4) is 0 Å². The van der Waals surface area contributed by atoms with Crippen molar-refractivity contribution in [2.75, 3.05) is 6.54 Å². The number of nitrogens with zero attached hydrogens (tertiary/aromatic N) is 2. The maximum absolute atomic E-state index is 7.09. The molecule has 0 bridgehead atoms. The Kier molecular flexibility index (Phi) is 4.45. The van der Waals surface area contributed by atoms with Gasteiger partial charge in [-0.3, -0.25) is 0 Å². The number of hydrogen-bond donors (Lipinski definition) is 0. The van der Waals surface area contributed by atoms with Gasteiger partial charge in [0, 0.05) is 5.92 Å². The first-order valence-electron chi connectivity index (χ1n) is 9.82. The van der Waals surface area contributed by atoms with Crippen LogP contribution in [0.2, 0.25) is 19.6 Å². The summed E-state index contributed by atoms with van der Waals surface area (Å²) in [7, 11) is -1.72. The van der Waals surface area contributed by atoms with Crippen LogP contribution in [0.15, 0.2) is 46.1 Å². The Bertz CT molecular complexity index is 679. The van der Waals surface area contributed by atoms with Crippen LogP contribution < -0.4 is 0 Å². The van der Waals surface area contributed by atoms with E-state index in [1.807, 2.05) is 0 Å². The first kappa shape index (κ1) is 17.2. The summed E-state index contributed by atoms with van der Waals surface area (Å²) in [5, 5.41) is 9.19. The molecule has 1 aromatic carbocycles. The third-order valence-corrected chi connectivity index (χ3v) is 6.92. The van der Waals surface area contributed by atoms with Crippen LogP contribution in [0.5, 0.6) is 0 Å². The Balaban J connectivity index is 1.84. The lowest BCUT2D eigenvalue weighted by atomic mass is 9.79. The van der Waals surface area contributed by atoms with Gasteiger partial charge < -0.3 is 4.43 Å². The first-order valence-corrected chi connectivity index (χ1v) is 13.2. The van der Waals surface area contributed by atoms with Gasteiger partial charge in [0.2, 0.25) is 0 Å². The largest absolute Gasteiger partial charge is 0.406 e. The van der Waals surface area contributed by atoms with Gasteiger partial charge in [0.1, 0.15) is 11.6 Å². The third-order valence-electron chi connectivity index (χ3n) is 5.97. The highest BCUT2D eigenvalue weighted by Crippen LogP contribution is 2.56. The molecule has 2 saturated carbocycles. The monoisotopic (exact) mass is 354 g/mol. The van der Waals surface area contributed by atoms with Crippen molar-refractivity contribution in [3.05, 3.63) is 41.5 Å². The summed E-state index contributed by atoms with van der Waals surface area (Å²) in [6.07, 6.45) is 8.63. The van der Waals surface area contributed by atoms with Gasteiger partial charge in [-0.15, -0.1) is 0 Å². The van der Waals surface area contributed by atoms with Crippen molar-refractivity contribution >= 4 is 14.4 Å². The van der Waals surface area contributed by atoms with Crippen molar-refractivity contribution < 1.29 is 4.43 Å². The van der Waals surface area contributed by atoms with Gasteiger partial charge in [0.05, 0.1) is 6.54 Å². The average Bonchev–Trinajstić information content (AvgIpc) is 3.08. The Labute approximate surface area is 152 Å². The molecule has 25 heavy (non-hydrogen) atoms. The Morgan fingerprint density at radius 2 is 1.96 bits per heavy atom. The molecule has 0 aromatic heterocycles. The second kappa shape index (κ2) is 6.47. The van der Waals surface area contributed by atoms with Gasteiger partial charge in [0.15, 0.2) is 8.32 Å². The zero-order chi connectivity index (χ0) is 17.5. The van der Waals surface area contributed by atoms with Gasteiger partial charge in [-0.1, -0.05) is 42.8 Å². The normalized spacial score (nSPS) is 36.3. The predicted octanol–water partition coefficient (Wildman–Crippen LogP) is 5.70. The Morgan fingerprint density at radius 1 is 1.16 bits per heavy atom. The summed E-state index contributed by atoms with van der Waals surface area (Å²) in [6, 6.07) is 11.0. The van der Waals surface area contributed by atoms with E-state index in [1.165, 1.54) is 36.8 Å². The number of benzene rings is 1. The molecule has 0 N–H and O–H groups in total. The van der Waals surface area contributed by atoms with Gasteiger partial charge in [-0.2, -0.15) is 10.2 Å². The van der Waals surface area contributed by atoms with E-state index in [0.29, 0.717) is 11.8 Å². The molecule has 0 radical (unpaired) electrons. The highest BCUT2D eigenvalue weighted by molar-refractivity contribution is 6.69. The Hall–Kier alpha value is -1.26. The summed E-state index contributed by atoms with van der Waals surface area (Å²) in [6.45, 7) is 7.87. The molecule has 4 rings (SSSR count). The van der Waals surface area contributed by atoms with Gasteiger partial charge >= 0.3 is 0 Å².